The van der Waals surface area contributed by atoms with Gasteiger partial charge in [0.15, 0.2) is 0 Å². The van der Waals surface area contributed by atoms with Gasteiger partial charge in [-0.1, -0.05) is 0 Å². The topological polar surface area (TPSA) is 65.4 Å². The van der Waals surface area contributed by atoms with Crippen LogP contribution in [0.25, 0.3) is 5.65 Å². The number of anilines is 1. The van der Waals surface area contributed by atoms with E-state index in [1.165, 1.54) is 0 Å². The second-order valence-electron chi connectivity index (χ2n) is 5.07. The van der Waals surface area contributed by atoms with Crippen molar-refractivity contribution in [1.82, 2.24) is 19.9 Å². The third kappa shape index (κ3) is 2.28. The second kappa shape index (κ2) is 4.64. The highest BCUT2D eigenvalue weighted by Crippen LogP contribution is 2.20. The minimum absolute atomic E-state index is 0.103. The Balaban J connectivity index is 2.15. The summed E-state index contributed by atoms with van der Waals surface area (Å²) in [5, 5.41) is 7.82. The lowest BCUT2D eigenvalue weighted by Gasteiger charge is -2.38. The van der Waals surface area contributed by atoms with E-state index < -0.39 is 0 Å². The number of nitrogens with zero attached hydrogens (tertiary/aromatic N) is 3. The zero-order valence-electron chi connectivity index (χ0n) is 10.9. The summed E-state index contributed by atoms with van der Waals surface area (Å²) in [4.78, 5) is 16.8. The Labute approximate surface area is 118 Å². The fourth-order valence-corrected chi connectivity index (χ4v) is 2.88. The zero-order chi connectivity index (χ0) is 13.6. The number of halogens is 1. The molecular weight excluding hydrogens is 310 g/mol. The van der Waals surface area contributed by atoms with Crippen LogP contribution in [0.15, 0.2) is 21.5 Å². The van der Waals surface area contributed by atoms with E-state index in [-0.39, 0.29) is 5.56 Å². The lowest BCUT2D eigenvalue weighted by Crippen LogP contribution is -2.55. The van der Waals surface area contributed by atoms with Crippen molar-refractivity contribution >= 4 is 27.4 Å². The van der Waals surface area contributed by atoms with E-state index in [9.17, 15) is 4.79 Å². The standard InChI is InChI=1S/C12H16BrN5O/c1-7-6-17(8(2)5-14-7)12-4-11(19)15-10-3-9(13)16-18(10)12/h3-4,7-8,14H,5-6H2,1-2H3,(H,15,19)/t7-,8+/m1/s1. The van der Waals surface area contributed by atoms with Crippen molar-refractivity contribution in [3.05, 3.63) is 27.1 Å². The van der Waals surface area contributed by atoms with Crippen molar-refractivity contribution in [2.75, 3.05) is 18.0 Å². The fourth-order valence-electron chi connectivity index (χ4n) is 2.50. The van der Waals surface area contributed by atoms with E-state index in [0.717, 1.165) is 18.9 Å². The van der Waals surface area contributed by atoms with Gasteiger partial charge in [0.2, 0.25) is 0 Å². The molecule has 3 rings (SSSR count). The van der Waals surface area contributed by atoms with Crippen molar-refractivity contribution < 1.29 is 0 Å². The number of piperazine rings is 1. The first kappa shape index (κ1) is 12.7. The van der Waals surface area contributed by atoms with Crippen LogP contribution in [0.2, 0.25) is 0 Å². The van der Waals surface area contributed by atoms with Gasteiger partial charge in [0.25, 0.3) is 5.56 Å². The molecule has 0 bridgehead atoms. The maximum Gasteiger partial charge on any atom is 0.253 e. The van der Waals surface area contributed by atoms with Gasteiger partial charge in [-0.25, -0.2) is 0 Å². The van der Waals surface area contributed by atoms with E-state index in [1.54, 1.807) is 16.6 Å². The van der Waals surface area contributed by atoms with E-state index >= 15 is 0 Å². The Morgan fingerprint density at radius 1 is 1.42 bits per heavy atom. The summed E-state index contributed by atoms with van der Waals surface area (Å²) in [6.07, 6.45) is 0. The van der Waals surface area contributed by atoms with Gasteiger partial charge in [0, 0.05) is 37.3 Å². The molecule has 0 saturated carbocycles. The first-order valence-corrected chi connectivity index (χ1v) is 7.12. The molecule has 2 N–H and O–H groups in total. The molecule has 2 aromatic heterocycles. The van der Waals surface area contributed by atoms with Crippen LogP contribution in [0, 0.1) is 0 Å². The Morgan fingerprint density at radius 2 is 2.21 bits per heavy atom. The van der Waals surface area contributed by atoms with Crippen molar-refractivity contribution in [2.24, 2.45) is 0 Å². The van der Waals surface area contributed by atoms with E-state index in [1.807, 2.05) is 0 Å². The smallest absolute Gasteiger partial charge is 0.253 e. The third-order valence-electron chi connectivity index (χ3n) is 3.47. The summed E-state index contributed by atoms with van der Waals surface area (Å²) in [6, 6.07) is 4.14. The predicted octanol–water partition coefficient (Wildman–Crippen LogP) is 0.972. The number of rotatable bonds is 1. The summed E-state index contributed by atoms with van der Waals surface area (Å²) in [5.41, 5.74) is 0.598. The van der Waals surface area contributed by atoms with Crippen LogP contribution in [0.1, 0.15) is 13.8 Å². The summed E-state index contributed by atoms with van der Waals surface area (Å²) in [5.74, 6) is 0.838. The molecule has 1 fully saturated rings. The molecule has 0 aromatic carbocycles. The number of aromatic nitrogens is 3. The molecule has 1 aliphatic rings. The summed E-state index contributed by atoms with van der Waals surface area (Å²) >= 11 is 3.35. The molecule has 1 saturated heterocycles. The molecule has 2 aromatic rings. The Hall–Kier alpha value is -1.34. The maximum atomic E-state index is 11.8. The minimum Gasteiger partial charge on any atom is -0.351 e. The molecule has 1 aliphatic heterocycles. The second-order valence-corrected chi connectivity index (χ2v) is 5.88. The monoisotopic (exact) mass is 325 g/mol. The minimum atomic E-state index is -0.103. The van der Waals surface area contributed by atoms with Gasteiger partial charge in [-0.3, -0.25) is 4.79 Å². The van der Waals surface area contributed by atoms with Crippen molar-refractivity contribution in [2.45, 2.75) is 25.9 Å². The van der Waals surface area contributed by atoms with Gasteiger partial charge in [0.1, 0.15) is 16.1 Å². The molecule has 0 unspecified atom stereocenters. The van der Waals surface area contributed by atoms with Gasteiger partial charge in [-0.15, -0.1) is 0 Å². The molecule has 0 radical (unpaired) electrons. The number of hydrogen-bond donors (Lipinski definition) is 2. The SMILES string of the molecule is C[C@@H]1CN(c2cc(=O)[nH]c3cc(Br)nn23)[C@@H](C)CN1. The number of H-pyrrole nitrogens is 1. The average Bonchev–Trinajstić information content (AvgIpc) is 2.71. The molecule has 3 heterocycles. The summed E-state index contributed by atoms with van der Waals surface area (Å²) < 4.78 is 2.49. The lowest BCUT2D eigenvalue weighted by atomic mass is 10.1. The van der Waals surface area contributed by atoms with Crippen LogP contribution in [0.4, 0.5) is 5.82 Å². The van der Waals surface area contributed by atoms with Crippen LogP contribution >= 0.6 is 15.9 Å². The van der Waals surface area contributed by atoms with Crippen molar-refractivity contribution in [3.8, 4) is 0 Å². The molecule has 19 heavy (non-hydrogen) atoms. The molecule has 0 amide bonds. The third-order valence-corrected chi connectivity index (χ3v) is 3.85. The van der Waals surface area contributed by atoms with Crippen LogP contribution in [0.5, 0.6) is 0 Å². The van der Waals surface area contributed by atoms with Gasteiger partial charge in [0.05, 0.1) is 0 Å². The highest BCUT2D eigenvalue weighted by molar-refractivity contribution is 9.10. The Bertz CT molecular complexity index is 664. The highest BCUT2D eigenvalue weighted by Gasteiger charge is 2.25. The van der Waals surface area contributed by atoms with Gasteiger partial charge in [-0.05, 0) is 29.8 Å². The van der Waals surface area contributed by atoms with Crippen LogP contribution < -0.4 is 15.8 Å². The van der Waals surface area contributed by atoms with E-state index in [2.05, 4.69) is 50.1 Å². The molecule has 102 valence electrons. The predicted molar refractivity (Wildman–Crippen MR) is 77.8 cm³/mol. The van der Waals surface area contributed by atoms with Crippen LogP contribution in [-0.2, 0) is 0 Å². The van der Waals surface area contributed by atoms with Crippen LogP contribution in [0.3, 0.4) is 0 Å². The zero-order valence-corrected chi connectivity index (χ0v) is 12.4. The van der Waals surface area contributed by atoms with Gasteiger partial charge >= 0.3 is 0 Å². The lowest BCUT2D eigenvalue weighted by molar-refractivity contribution is 0.420. The highest BCUT2D eigenvalue weighted by atomic mass is 79.9. The number of fused-ring (bicyclic) bond motifs is 1. The summed E-state index contributed by atoms with van der Waals surface area (Å²) in [7, 11) is 0. The van der Waals surface area contributed by atoms with Gasteiger partial charge in [-0.2, -0.15) is 9.61 Å². The number of aromatic amines is 1. The first-order chi connectivity index (χ1) is 9.04. The molecule has 0 spiro atoms. The maximum absolute atomic E-state index is 11.8. The summed E-state index contributed by atoms with van der Waals surface area (Å²) in [6.45, 7) is 6.04. The molecular formula is C12H16BrN5O. The molecule has 2 atom stereocenters. The Morgan fingerprint density at radius 3 is 3.00 bits per heavy atom. The molecule has 7 heteroatoms. The average molecular weight is 326 g/mol. The fraction of sp³-hybridized carbons (Fsp3) is 0.500. The van der Waals surface area contributed by atoms with Crippen molar-refractivity contribution in [3.63, 3.8) is 0 Å². The number of nitrogens with one attached hydrogen (secondary N) is 2. The quantitative estimate of drug-likeness (QED) is 0.820. The normalized spacial score (nSPS) is 24.1. The molecule has 6 nitrogen and oxygen atoms in total. The molecule has 0 aliphatic carbocycles. The van der Waals surface area contributed by atoms with E-state index in [4.69, 9.17) is 0 Å². The number of hydrogen-bond acceptors (Lipinski definition) is 4. The van der Waals surface area contributed by atoms with E-state index in [0.29, 0.717) is 22.3 Å². The largest absolute Gasteiger partial charge is 0.351 e. The Kier molecular flexibility index (Phi) is 3.10. The van der Waals surface area contributed by atoms with Crippen molar-refractivity contribution in [1.29, 1.82) is 0 Å². The first-order valence-electron chi connectivity index (χ1n) is 6.33. The van der Waals surface area contributed by atoms with Crippen LogP contribution in [-0.4, -0.2) is 39.8 Å². The van der Waals surface area contributed by atoms with Gasteiger partial charge < -0.3 is 15.2 Å².